The summed E-state index contributed by atoms with van der Waals surface area (Å²) < 4.78 is 19.1. The van der Waals surface area contributed by atoms with Crippen LogP contribution in [0.25, 0.3) is 0 Å². The molecule has 1 aromatic carbocycles. The van der Waals surface area contributed by atoms with E-state index in [1.54, 1.807) is 19.1 Å². The van der Waals surface area contributed by atoms with E-state index in [0.29, 0.717) is 10.6 Å². The zero-order valence-corrected chi connectivity index (χ0v) is 12.3. The second-order valence-corrected chi connectivity index (χ2v) is 5.44. The van der Waals surface area contributed by atoms with Gasteiger partial charge in [0.05, 0.1) is 6.61 Å². The molecular weight excluding hydrogens is 281 g/mol. The predicted molar refractivity (Wildman–Crippen MR) is 76.2 cm³/mol. The van der Waals surface area contributed by atoms with Crippen LogP contribution in [0.3, 0.4) is 0 Å². The maximum Gasteiger partial charge on any atom is 0.327 e. The minimum Gasteiger partial charge on any atom is -0.465 e. The van der Waals surface area contributed by atoms with Gasteiger partial charge in [0.2, 0.25) is 0 Å². The summed E-state index contributed by atoms with van der Waals surface area (Å²) in [6.45, 7) is 2.01. The quantitative estimate of drug-likeness (QED) is 0.844. The average molecular weight is 300 g/mol. The molecule has 0 aromatic heterocycles. The van der Waals surface area contributed by atoms with Crippen LogP contribution in [0.5, 0.6) is 0 Å². The Morgan fingerprint density at radius 3 is 2.80 bits per heavy atom. The van der Waals surface area contributed by atoms with Crippen LogP contribution in [0, 0.1) is 5.82 Å². The van der Waals surface area contributed by atoms with Gasteiger partial charge in [-0.3, -0.25) is 5.32 Å². The van der Waals surface area contributed by atoms with E-state index in [4.69, 9.17) is 16.3 Å². The highest BCUT2D eigenvalue weighted by molar-refractivity contribution is 6.30. The summed E-state index contributed by atoms with van der Waals surface area (Å²) in [7, 11) is 0. The fourth-order valence-electron chi connectivity index (χ4n) is 2.57. The highest BCUT2D eigenvalue weighted by Gasteiger charge is 2.28. The number of ether oxygens (including phenoxy) is 1. The van der Waals surface area contributed by atoms with Crippen molar-refractivity contribution in [2.24, 2.45) is 0 Å². The maximum absolute atomic E-state index is 14.0. The zero-order valence-electron chi connectivity index (χ0n) is 11.5. The topological polar surface area (TPSA) is 38.3 Å². The van der Waals surface area contributed by atoms with Crippen molar-refractivity contribution in [3.8, 4) is 0 Å². The van der Waals surface area contributed by atoms with Gasteiger partial charge in [0, 0.05) is 16.6 Å². The number of rotatable bonds is 5. The zero-order chi connectivity index (χ0) is 14.5. The minimum absolute atomic E-state index is 0.236. The molecule has 1 saturated carbocycles. The van der Waals surface area contributed by atoms with Crippen LogP contribution in [0.4, 0.5) is 4.39 Å². The third-order valence-electron chi connectivity index (χ3n) is 3.55. The van der Waals surface area contributed by atoms with Crippen LogP contribution >= 0.6 is 11.6 Å². The molecule has 110 valence electrons. The number of nitrogens with one attached hydrogen (secondary N) is 1. The van der Waals surface area contributed by atoms with Crippen molar-refractivity contribution < 1.29 is 13.9 Å². The molecule has 1 unspecified atom stereocenters. The third-order valence-corrected chi connectivity index (χ3v) is 3.79. The first-order valence-electron chi connectivity index (χ1n) is 6.99. The van der Waals surface area contributed by atoms with Crippen LogP contribution in [0.1, 0.15) is 44.2 Å². The van der Waals surface area contributed by atoms with Gasteiger partial charge in [-0.25, -0.2) is 9.18 Å². The number of esters is 1. The van der Waals surface area contributed by atoms with Gasteiger partial charge in [-0.05, 0) is 31.9 Å². The second kappa shape index (κ2) is 7.04. The Hall–Kier alpha value is -1.13. The fourth-order valence-corrected chi connectivity index (χ4v) is 2.73. The first-order chi connectivity index (χ1) is 9.61. The Morgan fingerprint density at radius 1 is 1.50 bits per heavy atom. The molecule has 1 N–H and O–H groups in total. The van der Waals surface area contributed by atoms with Gasteiger partial charge < -0.3 is 4.74 Å². The van der Waals surface area contributed by atoms with Gasteiger partial charge in [-0.15, -0.1) is 0 Å². The number of carbonyl (C=O) groups is 1. The van der Waals surface area contributed by atoms with E-state index in [-0.39, 0.29) is 12.6 Å². The molecule has 0 aliphatic heterocycles. The Balaban J connectivity index is 2.22. The molecule has 5 heteroatoms. The van der Waals surface area contributed by atoms with E-state index >= 15 is 0 Å². The van der Waals surface area contributed by atoms with E-state index in [2.05, 4.69) is 5.32 Å². The van der Waals surface area contributed by atoms with Gasteiger partial charge in [-0.1, -0.05) is 30.5 Å². The summed E-state index contributed by atoms with van der Waals surface area (Å²) in [6, 6.07) is 3.82. The summed E-state index contributed by atoms with van der Waals surface area (Å²) in [6.07, 6.45) is 4.28. The number of hydrogen-bond donors (Lipinski definition) is 1. The monoisotopic (exact) mass is 299 g/mol. The first-order valence-corrected chi connectivity index (χ1v) is 7.37. The molecule has 1 fully saturated rings. The van der Waals surface area contributed by atoms with Gasteiger partial charge in [0.25, 0.3) is 0 Å². The predicted octanol–water partition coefficient (Wildman–Crippen LogP) is 3.62. The van der Waals surface area contributed by atoms with E-state index in [0.717, 1.165) is 25.7 Å². The lowest BCUT2D eigenvalue weighted by atomic mass is 10.0. The third kappa shape index (κ3) is 3.70. The van der Waals surface area contributed by atoms with Crippen molar-refractivity contribution in [2.75, 3.05) is 6.61 Å². The summed E-state index contributed by atoms with van der Waals surface area (Å²) >= 11 is 5.76. The Morgan fingerprint density at radius 2 is 2.20 bits per heavy atom. The normalized spacial score (nSPS) is 17.1. The number of hydrogen-bond acceptors (Lipinski definition) is 3. The molecule has 20 heavy (non-hydrogen) atoms. The maximum atomic E-state index is 14.0. The highest BCUT2D eigenvalue weighted by atomic mass is 35.5. The van der Waals surface area contributed by atoms with Crippen LogP contribution in [0.15, 0.2) is 18.2 Å². The smallest absolute Gasteiger partial charge is 0.327 e. The number of benzene rings is 1. The molecule has 0 heterocycles. The van der Waals surface area contributed by atoms with Gasteiger partial charge >= 0.3 is 5.97 Å². The second-order valence-electron chi connectivity index (χ2n) is 5.00. The van der Waals surface area contributed by atoms with Crippen LogP contribution in [-0.2, 0) is 9.53 Å². The van der Waals surface area contributed by atoms with Crippen molar-refractivity contribution in [1.82, 2.24) is 5.32 Å². The standard InChI is InChI=1S/C15H19ClFNO2/c1-2-20-15(19)14(18-11-5-3-4-6-11)12-8-7-10(16)9-13(12)17/h7-9,11,14,18H,2-6H2,1H3. The van der Waals surface area contributed by atoms with E-state index in [1.165, 1.54) is 6.07 Å². The minimum atomic E-state index is -0.768. The van der Waals surface area contributed by atoms with Crippen molar-refractivity contribution in [3.63, 3.8) is 0 Å². The molecular formula is C15H19ClFNO2. The van der Waals surface area contributed by atoms with E-state index in [1.807, 2.05) is 0 Å². The van der Waals surface area contributed by atoms with Crippen LogP contribution in [-0.4, -0.2) is 18.6 Å². The molecule has 0 spiro atoms. The summed E-state index contributed by atoms with van der Waals surface area (Å²) in [5.74, 6) is -0.929. The SMILES string of the molecule is CCOC(=O)C(NC1CCCC1)c1ccc(Cl)cc1F. The number of carbonyl (C=O) groups excluding carboxylic acids is 1. The molecule has 2 rings (SSSR count). The Labute approximate surface area is 123 Å². The van der Waals surface area contributed by atoms with Crippen molar-refractivity contribution >= 4 is 17.6 Å². The van der Waals surface area contributed by atoms with Gasteiger partial charge in [-0.2, -0.15) is 0 Å². The van der Waals surface area contributed by atoms with E-state index < -0.39 is 17.8 Å². The largest absolute Gasteiger partial charge is 0.465 e. The Kier molecular flexibility index (Phi) is 5.38. The van der Waals surface area contributed by atoms with Gasteiger partial charge in [0.1, 0.15) is 11.9 Å². The summed E-state index contributed by atoms with van der Waals surface area (Å²) in [5.41, 5.74) is 0.291. The molecule has 0 amide bonds. The van der Waals surface area contributed by atoms with Crippen molar-refractivity contribution in [2.45, 2.75) is 44.7 Å². The van der Waals surface area contributed by atoms with Crippen LogP contribution < -0.4 is 5.32 Å². The highest BCUT2D eigenvalue weighted by Crippen LogP contribution is 2.26. The lowest BCUT2D eigenvalue weighted by Crippen LogP contribution is -2.37. The molecule has 0 bridgehead atoms. The first kappa shape index (κ1) is 15.3. The molecule has 1 aliphatic rings. The lowest BCUT2D eigenvalue weighted by Gasteiger charge is -2.22. The molecule has 3 nitrogen and oxygen atoms in total. The molecule has 1 aromatic rings. The molecule has 1 atom stereocenters. The molecule has 0 saturated heterocycles. The summed E-state index contributed by atoms with van der Waals surface area (Å²) in [4.78, 5) is 12.1. The number of halogens is 2. The van der Waals surface area contributed by atoms with Gasteiger partial charge in [0.15, 0.2) is 0 Å². The average Bonchev–Trinajstić information content (AvgIpc) is 2.90. The fraction of sp³-hybridized carbons (Fsp3) is 0.533. The van der Waals surface area contributed by atoms with E-state index in [9.17, 15) is 9.18 Å². The molecule has 0 radical (unpaired) electrons. The molecule has 1 aliphatic carbocycles. The summed E-state index contributed by atoms with van der Waals surface area (Å²) in [5, 5.41) is 3.53. The van der Waals surface area contributed by atoms with Crippen molar-refractivity contribution in [3.05, 3.63) is 34.6 Å². The Bertz CT molecular complexity index is 475. The lowest BCUT2D eigenvalue weighted by molar-refractivity contribution is -0.146. The van der Waals surface area contributed by atoms with Crippen molar-refractivity contribution in [1.29, 1.82) is 0 Å². The van der Waals surface area contributed by atoms with Crippen LogP contribution in [0.2, 0.25) is 5.02 Å².